The van der Waals surface area contributed by atoms with Gasteiger partial charge in [0.15, 0.2) is 0 Å². The molecule has 1 rings (SSSR count). The number of amides is 1. The van der Waals surface area contributed by atoms with Gasteiger partial charge >= 0.3 is 0 Å². The van der Waals surface area contributed by atoms with Crippen LogP contribution in [0.25, 0.3) is 0 Å². The second-order valence-corrected chi connectivity index (χ2v) is 3.03. The summed E-state index contributed by atoms with van der Waals surface area (Å²) in [5.74, 6) is -0.0307. The molecule has 1 fully saturated rings. The SMILES string of the molecule is CCC(=O)NC1(C=O)CCC1. The van der Waals surface area contributed by atoms with E-state index in [-0.39, 0.29) is 5.91 Å². The molecule has 0 bridgehead atoms. The van der Waals surface area contributed by atoms with Gasteiger partial charge in [0.05, 0.1) is 5.54 Å². The molecule has 3 heteroatoms. The monoisotopic (exact) mass is 155 g/mol. The van der Waals surface area contributed by atoms with E-state index in [1.165, 1.54) is 0 Å². The second kappa shape index (κ2) is 3.03. The van der Waals surface area contributed by atoms with Crippen LogP contribution in [0, 0.1) is 0 Å². The number of hydrogen-bond donors (Lipinski definition) is 1. The summed E-state index contributed by atoms with van der Waals surface area (Å²) >= 11 is 0. The first-order chi connectivity index (χ1) is 5.22. The van der Waals surface area contributed by atoms with Crippen molar-refractivity contribution in [2.24, 2.45) is 0 Å². The normalized spacial score (nSPS) is 20.1. The highest BCUT2D eigenvalue weighted by atomic mass is 16.2. The van der Waals surface area contributed by atoms with E-state index in [4.69, 9.17) is 0 Å². The Morgan fingerprint density at radius 2 is 2.27 bits per heavy atom. The number of nitrogens with one attached hydrogen (secondary N) is 1. The van der Waals surface area contributed by atoms with E-state index >= 15 is 0 Å². The zero-order valence-corrected chi connectivity index (χ0v) is 6.72. The maximum Gasteiger partial charge on any atom is 0.220 e. The molecule has 0 radical (unpaired) electrons. The largest absolute Gasteiger partial charge is 0.344 e. The first kappa shape index (κ1) is 8.24. The minimum atomic E-state index is -0.493. The van der Waals surface area contributed by atoms with Crippen LogP contribution >= 0.6 is 0 Å². The van der Waals surface area contributed by atoms with Crippen molar-refractivity contribution in [2.45, 2.75) is 38.1 Å². The van der Waals surface area contributed by atoms with Crippen molar-refractivity contribution >= 4 is 12.2 Å². The van der Waals surface area contributed by atoms with Crippen LogP contribution in [0.5, 0.6) is 0 Å². The van der Waals surface area contributed by atoms with Crippen LogP contribution in [0.2, 0.25) is 0 Å². The first-order valence-corrected chi connectivity index (χ1v) is 4.00. The van der Waals surface area contributed by atoms with Gasteiger partial charge in [-0.05, 0) is 19.3 Å². The average Bonchev–Trinajstić information content (AvgIpc) is 1.96. The van der Waals surface area contributed by atoms with Crippen LogP contribution in [0.1, 0.15) is 32.6 Å². The summed E-state index contributed by atoms with van der Waals surface area (Å²) in [6.07, 6.45) is 3.98. The molecule has 0 aliphatic heterocycles. The quantitative estimate of drug-likeness (QED) is 0.608. The third-order valence-electron chi connectivity index (χ3n) is 2.18. The number of carbonyl (C=O) groups is 2. The number of hydrogen-bond acceptors (Lipinski definition) is 2. The predicted octanol–water partition coefficient (Wildman–Crippen LogP) is 0.634. The van der Waals surface area contributed by atoms with Gasteiger partial charge in [-0.3, -0.25) is 4.79 Å². The van der Waals surface area contributed by atoms with Crippen molar-refractivity contribution in [1.82, 2.24) is 5.32 Å². The Labute approximate surface area is 66.2 Å². The summed E-state index contributed by atoms with van der Waals surface area (Å²) in [6.45, 7) is 1.78. The molecule has 3 nitrogen and oxygen atoms in total. The summed E-state index contributed by atoms with van der Waals surface area (Å²) in [6, 6.07) is 0. The summed E-state index contributed by atoms with van der Waals surface area (Å²) in [4.78, 5) is 21.5. The Hall–Kier alpha value is -0.860. The Morgan fingerprint density at radius 1 is 1.64 bits per heavy atom. The van der Waals surface area contributed by atoms with Crippen LogP contribution in [0.3, 0.4) is 0 Å². The summed E-state index contributed by atoms with van der Waals surface area (Å²) < 4.78 is 0. The standard InChI is InChI=1S/C8H13NO2/c1-2-7(11)9-8(6-10)4-3-5-8/h6H,2-5H2,1H3,(H,9,11). The third-order valence-corrected chi connectivity index (χ3v) is 2.18. The fourth-order valence-corrected chi connectivity index (χ4v) is 1.20. The zero-order valence-electron chi connectivity index (χ0n) is 6.72. The maximum absolute atomic E-state index is 10.9. The van der Waals surface area contributed by atoms with Gasteiger partial charge in [-0.2, -0.15) is 0 Å². The fraction of sp³-hybridized carbons (Fsp3) is 0.750. The van der Waals surface area contributed by atoms with Gasteiger partial charge in [0, 0.05) is 6.42 Å². The van der Waals surface area contributed by atoms with Crippen LogP contribution in [0.4, 0.5) is 0 Å². The summed E-state index contributed by atoms with van der Waals surface area (Å²) in [5.41, 5.74) is -0.493. The van der Waals surface area contributed by atoms with E-state index in [9.17, 15) is 9.59 Å². The minimum absolute atomic E-state index is 0.0307. The van der Waals surface area contributed by atoms with Gasteiger partial charge < -0.3 is 10.1 Å². The lowest BCUT2D eigenvalue weighted by Crippen LogP contribution is -2.54. The van der Waals surface area contributed by atoms with Gasteiger partial charge in [0.25, 0.3) is 0 Å². The van der Waals surface area contributed by atoms with Gasteiger partial charge in [-0.25, -0.2) is 0 Å². The van der Waals surface area contributed by atoms with E-state index < -0.39 is 5.54 Å². The molecule has 1 aliphatic rings. The summed E-state index contributed by atoms with van der Waals surface area (Å²) in [5, 5.41) is 2.72. The molecule has 1 saturated carbocycles. The zero-order chi connectivity index (χ0) is 8.32. The molecule has 62 valence electrons. The van der Waals surface area contributed by atoms with E-state index in [2.05, 4.69) is 5.32 Å². The maximum atomic E-state index is 10.9. The Bertz CT molecular complexity index is 173. The van der Waals surface area contributed by atoms with Gasteiger partial charge in [-0.15, -0.1) is 0 Å². The van der Waals surface area contributed by atoms with Crippen LogP contribution in [0.15, 0.2) is 0 Å². The van der Waals surface area contributed by atoms with Gasteiger partial charge in [0.1, 0.15) is 6.29 Å². The molecule has 0 aromatic carbocycles. The first-order valence-electron chi connectivity index (χ1n) is 4.00. The van der Waals surface area contributed by atoms with Gasteiger partial charge in [-0.1, -0.05) is 6.92 Å². The molecule has 1 N–H and O–H groups in total. The van der Waals surface area contributed by atoms with E-state index in [1.807, 2.05) is 0 Å². The third kappa shape index (κ3) is 1.59. The van der Waals surface area contributed by atoms with Crippen molar-refractivity contribution in [3.05, 3.63) is 0 Å². The molecule has 0 heterocycles. The van der Waals surface area contributed by atoms with Crippen molar-refractivity contribution < 1.29 is 9.59 Å². The Morgan fingerprint density at radius 3 is 2.55 bits per heavy atom. The van der Waals surface area contributed by atoms with E-state index in [1.54, 1.807) is 6.92 Å². The van der Waals surface area contributed by atoms with E-state index in [0.29, 0.717) is 6.42 Å². The molecule has 0 aromatic heterocycles. The van der Waals surface area contributed by atoms with Crippen molar-refractivity contribution in [1.29, 1.82) is 0 Å². The second-order valence-electron chi connectivity index (χ2n) is 3.03. The number of carbonyl (C=O) groups excluding carboxylic acids is 2. The molecular formula is C8H13NO2. The van der Waals surface area contributed by atoms with Crippen LogP contribution < -0.4 is 5.32 Å². The molecule has 0 spiro atoms. The molecular weight excluding hydrogens is 142 g/mol. The van der Waals surface area contributed by atoms with E-state index in [0.717, 1.165) is 25.5 Å². The topological polar surface area (TPSA) is 46.2 Å². The van der Waals surface area contributed by atoms with Crippen molar-refractivity contribution in [3.63, 3.8) is 0 Å². The fourth-order valence-electron chi connectivity index (χ4n) is 1.20. The number of rotatable bonds is 3. The average molecular weight is 155 g/mol. The van der Waals surface area contributed by atoms with Gasteiger partial charge in [0.2, 0.25) is 5.91 Å². The lowest BCUT2D eigenvalue weighted by Gasteiger charge is -2.37. The molecule has 1 aliphatic carbocycles. The highest BCUT2D eigenvalue weighted by Crippen LogP contribution is 2.29. The molecule has 0 aromatic rings. The summed E-state index contributed by atoms with van der Waals surface area (Å²) in [7, 11) is 0. The van der Waals surface area contributed by atoms with Crippen molar-refractivity contribution in [3.8, 4) is 0 Å². The number of aldehydes is 1. The minimum Gasteiger partial charge on any atom is -0.344 e. The van der Waals surface area contributed by atoms with Crippen LogP contribution in [-0.4, -0.2) is 17.7 Å². The smallest absolute Gasteiger partial charge is 0.220 e. The molecule has 0 unspecified atom stereocenters. The molecule has 0 atom stereocenters. The Balaban J connectivity index is 2.44. The molecule has 0 saturated heterocycles. The predicted molar refractivity (Wildman–Crippen MR) is 41.1 cm³/mol. The van der Waals surface area contributed by atoms with Crippen molar-refractivity contribution in [2.75, 3.05) is 0 Å². The highest BCUT2D eigenvalue weighted by molar-refractivity contribution is 5.82. The highest BCUT2D eigenvalue weighted by Gasteiger charge is 2.37. The lowest BCUT2D eigenvalue weighted by atomic mass is 9.78. The molecule has 11 heavy (non-hydrogen) atoms. The Kier molecular flexibility index (Phi) is 2.27. The molecule has 1 amide bonds. The van der Waals surface area contributed by atoms with Crippen LogP contribution in [-0.2, 0) is 9.59 Å². The lowest BCUT2D eigenvalue weighted by molar-refractivity contribution is -0.128.